The maximum atomic E-state index is 6.04. The monoisotopic (exact) mass is 318 g/mol. The van der Waals surface area contributed by atoms with Crippen LogP contribution < -0.4 is 11.1 Å². The average Bonchev–Trinajstić information content (AvgIpc) is 3.16. The van der Waals surface area contributed by atoms with Crippen LogP contribution >= 0.6 is 0 Å². The zero-order valence-corrected chi connectivity index (χ0v) is 13.7. The maximum absolute atomic E-state index is 6.04. The Hall–Kier alpha value is -2.52. The summed E-state index contributed by atoms with van der Waals surface area (Å²) in [5.41, 5.74) is 13.6. The molecule has 1 aliphatic heterocycles. The summed E-state index contributed by atoms with van der Waals surface area (Å²) in [5, 5.41) is 3.58. The number of rotatable bonds is 4. The number of nitrogens with one attached hydrogen (secondary N) is 1. The summed E-state index contributed by atoms with van der Waals surface area (Å²) < 4.78 is 5.32. The van der Waals surface area contributed by atoms with Gasteiger partial charge in [-0.05, 0) is 54.1 Å². The number of benzene rings is 2. The Labute approximate surface area is 142 Å². The summed E-state index contributed by atoms with van der Waals surface area (Å²) >= 11 is 0. The van der Waals surface area contributed by atoms with E-state index in [9.17, 15) is 0 Å². The van der Waals surface area contributed by atoms with Crippen LogP contribution in [0.25, 0.3) is 11.1 Å². The fourth-order valence-electron chi connectivity index (χ4n) is 3.60. The van der Waals surface area contributed by atoms with E-state index in [1.165, 1.54) is 27.9 Å². The van der Waals surface area contributed by atoms with Crippen molar-refractivity contribution in [3.8, 4) is 11.1 Å². The first kappa shape index (κ1) is 15.0. The van der Waals surface area contributed by atoms with Gasteiger partial charge >= 0.3 is 0 Å². The molecule has 0 spiro atoms. The predicted molar refractivity (Wildman–Crippen MR) is 98.3 cm³/mol. The normalized spacial score (nSPS) is 16.5. The highest BCUT2D eigenvalue weighted by Crippen LogP contribution is 2.40. The molecule has 3 aromatic rings. The summed E-state index contributed by atoms with van der Waals surface area (Å²) in [4.78, 5) is 0. The van der Waals surface area contributed by atoms with Gasteiger partial charge in [-0.2, -0.15) is 0 Å². The van der Waals surface area contributed by atoms with E-state index in [0.717, 1.165) is 24.9 Å². The molecule has 24 heavy (non-hydrogen) atoms. The summed E-state index contributed by atoms with van der Waals surface area (Å²) in [6, 6.07) is 17.2. The van der Waals surface area contributed by atoms with Crippen LogP contribution in [0.2, 0.25) is 0 Å². The molecular weight excluding hydrogens is 296 g/mol. The molecule has 1 unspecified atom stereocenters. The Morgan fingerprint density at radius 1 is 1.08 bits per heavy atom. The van der Waals surface area contributed by atoms with Crippen LogP contribution in [-0.4, -0.2) is 13.1 Å². The zero-order chi connectivity index (χ0) is 16.4. The topological polar surface area (TPSA) is 51.2 Å². The van der Waals surface area contributed by atoms with Crippen molar-refractivity contribution in [2.45, 2.75) is 18.8 Å². The first-order chi connectivity index (χ1) is 11.8. The Balaban J connectivity index is 1.82. The molecule has 0 bridgehead atoms. The van der Waals surface area contributed by atoms with Crippen molar-refractivity contribution in [2.24, 2.45) is 5.73 Å². The van der Waals surface area contributed by atoms with Gasteiger partial charge in [0.2, 0.25) is 0 Å². The lowest BCUT2D eigenvalue weighted by Gasteiger charge is -2.28. The van der Waals surface area contributed by atoms with E-state index in [-0.39, 0.29) is 0 Å². The third-order valence-electron chi connectivity index (χ3n) is 4.83. The van der Waals surface area contributed by atoms with E-state index >= 15 is 0 Å². The first-order valence-corrected chi connectivity index (χ1v) is 8.52. The molecule has 3 heteroatoms. The van der Waals surface area contributed by atoms with E-state index in [0.29, 0.717) is 12.5 Å². The molecule has 0 fully saturated rings. The van der Waals surface area contributed by atoms with E-state index in [1.54, 1.807) is 6.26 Å². The van der Waals surface area contributed by atoms with Crippen molar-refractivity contribution in [3.05, 3.63) is 77.7 Å². The largest absolute Gasteiger partial charge is 0.472 e. The van der Waals surface area contributed by atoms with E-state index in [1.807, 2.05) is 12.3 Å². The van der Waals surface area contributed by atoms with Crippen molar-refractivity contribution in [2.75, 3.05) is 18.4 Å². The van der Waals surface area contributed by atoms with Crippen LogP contribution in [0, 0.1) is 0 Å². The minimum Gasteiger partial charge on any atom is -0.472 e. The number of anilines is 1. The quantitative estimate of drug-likeness (QED) is 0.750. The second kappa shape index (κ2) is 6.54. The van der Waals surface area contributed by atoms with Crippen LogP contribution in [0.5, 0.6) is 0 Å². The molecule has 122 valence electrons. The summed E-state index contributed by atoms with van der Waals surface area (Å²) in [6.45, 7) is 1.66. The predicted octanol–water partition coefficient (Wildman–Crippen LogP) is 4.40. The van der Waals surface area contributed by atoms with Crippen molar-refractivity contribution >= 4 is 5.69 Å². The minimum absolute atomic E-state index is 0.419. The highest BCUT2D eigenvalue weighted by molar-refractivity contribution is 5.81. The van der Waals surface area contributed by atoms with Gasteiger partial charge in [0.05, 0.1) is 12.5 Å². The van der Waals surface area contributed by atoms with Crippen LogP contribution in [0.1, 0.15) is 29.0 Å². The highest BCUT2D eigenvalue weighted by Gasteiger charge is 2.23. The second-order valence-corrected chi connectivity index (χ2v) is 6.43. The molecule has 4 rings (SSSR count). The Bertz CT molecular complexity index is 809. The molecule has 2 heterocycles. The molecule has 3 N–H and O–H groups in total. The van der Waals surface area contributed by atoms with Crippen molar-refractivity contribution in [1.82, 2.24) is 0 Å². The molecule has 1 atom stereocenters. The summed E-state index contributed by atoms with van der Waals surface area (Å²) in [7, 11) is 0. The summed E-state index contributed by atoms with van der Waals surface area (Å²) in [5.74, 6) is 0.419. The van der Waals surface area contributed by atoms with E-state index < -0.39 is 0 Å². The van der Waals surface area contributed by atoms with Gasteiger partial charge in [0.1, 0.15) is 0 Å². The van der Waals surface area contributed by atoms with Gasteiger partial charge < -0.3 is 15.5 Å². The molecule has 0 saturated carbocycles. The van der Waals surface area contributed by atoms with Gasteiger partial charge in [-0.1, -0.05) is 36.4 Å². The van der Waals surface area contributed by atoms with Crippen molar-refractivity contribution in [1.29, 1.82) is 0 Å². The molecule has 0 radical (unpaired) electrons. The third kappa shape index (κ3) is 2.83. The lowest BCUT2D eigenvalue weighted by molar-refractivity contribution is 0.568. The van der Waals surface area contributed by atoms with Crippen LogP contribution in [0.3, 0.4) is 0 Å². The molecule has 0 saturated heterocycles. The molecule has 0 aliphatic carbocycles. The number of nitrogens with two attached hydrogens (primary N) is 1. The van der Waals surface area contributed by atoms with Crippen molar-refractivity contribution in [3.63, 3.8) is 0 Å². The SMILES string of the molecule is NCC1CCNc2c(-c3ccoc3)cc(Cc3ccccc3)cc21. The van der Waals surface area contributed by atoms with Gasteiger partial charge in [-0.15, -0.1) is 0 Å². The van der Waals surface area contributed by atoms with Crippen LogP contribution in [0.4, 0.5) is 5.69 Å². The molecule has 2 aromatic carbocycles. The van der Waals surface area contributed by atoms with Crippen molar-refractivity contribution < 1.29 is 4.42 Å². The smallest absolute Gasteiger partial charge is 0.0981 e. The molecule has 3 nitrogen and oxygen atoms in total. The second-order valence-electron chi connectivity index (χ2n) is 6.43. The molecular formula is C21H22N2O. The van der Waals surface area contributed by atoms with Gasteiger partial charge in [-0.3, -0.25) is 0 Å². The molecule has 1 aliphatic rings. The Morgan fingerprint density at radius 2 is 1.96 bits per heavy atom. The third-order valence-corrected chi connectivity index (χ3v) is 4.83. The number of fused-ring (bicyclic) bond motifs is 1. The number of furan rings is 1. The number of hydrogen-bond donors (Lipinski definition) is 2. The Kier molecular flexibility index (Phi) is 4.09. The van der Waals surface area contributed by atoms with Gasteiger partial charge in [0.25, 0.3) is 0 Å². The van der Waals surface area contributed by atoms with Gasteiger partial charge in [0, 0.05) is 23.4 Å². The lowest BCUT2D eigenvalue weighted by Crippen LogP contribution is -2.23. The minimum atomic E-state index is 0.419. The fraction of sp³-hybridized carbons (Fsp3) is 0.238. The van der Waals surface area contributed by atoms with E-state index in [2.05, 4.69) is 47.8 Å². The maximum Gasteiger partial charge on any atom is 0.0981 e. The van der Waals surface area contributed by atoms with Crippen LogP contribution in [-0.2, 0) is 6.42 Å². The Morgan fingerprint density at radius 3 is 2.71 bits per heavy atom. The highest BCUT2D eigenvalue weighted by atomic mass is 16.3. The zero-order valence-electron chi connectivity index (χ0n) is 13.7. The standard InChI is InChI=1S/C21H22N2O/c22-13-17-6-8-23-21-19(17)11-16(10-15-4-2-1-3-5-15)12-20(21)18-7-9-24-14-18/h1-5,7,9,11-12,14,17,23H,6,8,10,13,22H2. The first-order valence-electron chi connectivity index (χ1n) is 8.52. The fourth-order valence-corrected chi connectivity index (χ4v) is 3.60. The lowest BCUT2D eigenvalue weighted by atomic mass is 9.85. The average molecular weight is 318 g/mol. The summed E-state index contributed by atoms with van der Waals surface area (Å²) in [6.07, 6.45) is 5.56. The molecule has 1 aromatic heterocycles. The molecule has 0 amide bonds. The van der Waals surface area contributed by atoms with E-state index in [4.69, 9.17) is 10.2 Å². The van der Waals surface area contributed by atoms with Gasteiger partial charge in [-0.25, -0.2) is 0 Å². The number of hydrogen-bond acceptors (Lipinski definition) is 3. The van der Waals surface area contributed by atoms with Crippen LogP contribution in [0.15, 0.2) is 65.5 Å². The van der Waals surface area contributed by atoms with Gasteiger partial charge in [0.15, 0.2) is 0 Å².